The Bertz CT molecular complexity index is 946. The van der Waals surface area contributed by atoms with Gasteiger partial charge in [-0.05, 0) is 68.2 Å². The molecule has 0 radical (unpaired) electrons. The number of aryl methyl sites for hydroxylation is 2. The molecule has 4 nitrogen and oxygen atoms in total. The summed E-state index contributed by atoms with van der Waals surface area (Å²) in [6, 6.07) is 8.52. The summed E-state index contributed by atoms with van der Waals surface area (Å²) in [5, 5.41) is 0. The Balaban J connectivity index is 1.87. The number of anilines is 1. The molecule has 1 atom stereocenters. The molecule has 2 heterocycles. The van der Waals surface area contributed by atoms with E-state index >= 15 is 0 Å². The Labute approximate surface area is 172 Å². The maximum Gasteiger partial charge on any atom is 0.326 e. The van der Waals surface area contributed by atoms with Crippen molar-refractivity contribution in [3.63, 3.8) is 0 Å². The molecule has 152 valence electrons. The van der Waals surface area contributed by atoms with Gasteiger partial charge in [0.2, 0.25) is 0 Å². The molecule has 1 aliphatic heterocycles. The molecule has 3 rings (SSSR count). The number of halogens is 1. The minimum absolute atomic E-state index is 0.100. The molecule has 0 aliphatic carbocycles. The topological polar surface area (TPSA) is 36.4 Å². The molecule has 0 spiro atoms. The first-order chi connectivity index (χ1) is 13.9. The molecule has 2 amide bonds. The SMILES string of the molecule is C=C/C(=C\C)c1ccc(N2CCN(C(C)c3cc(C)cc(F)c3)C2=O)nc1CC. The molecule has 1 saturated heterocycles. The number of nitrogens with zero attached hydrogens (tertiary/aromatic N) is 3. The molecular weight excluding hydrogens is 365 g/mol. The van der Waals surface area contributed by atoms with E-state index in [0.29, 0.717) is 18.9 Å². The zero-order valence-electron chi connectivity index (χ0n) is 17.6. The molecule has 1 aliphatic rings. The van der Waals surface area contributed by atoms with E-state index in [-0.39, 0.29) is 17.9 Å². The van der Waals surface area contributed by atoms with Gasteiger partial charge in [-0.2, -0.15) is 0 Å². The molecular formula is C24H28FN3O. The molecule has 1 unspecified atom stereocenters. The summed E-state index contributed by atoms with van der Waals surface area (Å²) >= 11 is 0. The molecule has 0 saturated carbocycles. The van der Waals surface area contributed by atoms with Crippen LogP contribution < -0.4 is 4.90 Å². The fourth-order valence-electron chi connectivity index (χ4n) is 3.87. The van der Waals surface area contributed by atoms with Crippen LogP contribution in [-0.4, -0.2) is 29.0 Å². The van der Waals surface area contributed by atoms with Crippen molar-refractivity contribution in [3.8, 4) is 0 Å². The smallest absolute Gasteiger partial charge is 0.316 e. The predicted octanol–water partition coefficient (Wildman–Crippen LogP) is 5.68. The molecule has 2 aromatic rings. The van der Waals surface area contributed by atoms with Crippen molar-refractivity contribution < 1.29 is 9.18 Å². The van der Waals surface area contributed by atoms with E-state index in [9.17, 15) is 9.18 Å². The number of hydrogen-bond acceptors (Lipinski definition) is 2. The van der Waals surface area contributed by atoms with Crippen LogP contribution in [0.4, 0.5) is 15.0 Å². The number of amides is 2. The van der Waals surface area contributed by atoms with Crippen molar-refractivity contribution >= 4 is 17.4 Å². The second-order valence-electron chi connectivity index (χ2n) is 7.33. The lowest BCUT2D eigenvalue weighted by molar-refractivity contribution is 0.205. The summed E-state index contributed by atoms with van der Waals surface area (Å²) < 4.78 is 13.8. The number of aromatic nitrogens is 1. The van der Waals surface area contributed by atoms with E-state index in [1.807, 2.05) is 51.1 Å². The van der Waals surface area contributed by atoms with Gasteiger partial charge < -0.3 is 4.90 Å². The number of carbonyl (C=O) groups excluding carboxylic acids is 1. The van der Waals surface area contributed by atoms with E-state index in [0.717, 1.165) is 34.4 Å². The number of urea groups is 1. The van der Waals surface area contributed by atoms with Gasteiger partial charge in [-0.25, -0.2) is 14.2 Å². The monoisotopic (exact) mass is 393 g/mol. The van der Waals surface area contributed by atoms with Crippen LogP contribution >= 0.6 is 0 Å². The lowest BCUT2D eigenvalue weighted by Gasteiger charge is -2.25. The molecule has 0 bridgehead atoms. The first kappa shape index (κ1) is 20.8. The van der Waals surface area contributed by atoms with Crippen molar-refractivity contribution in [1.82, 2.24) is 9.88 Å². The third-order valence-corrected chi connectivity index (χ3v) is 5.47. The van der Waals surface area contributed by atoms with E-state index in [2.05, 4.69) is 13.5 Å². The summed E-state index contributed by atoms with van der Waals surface area (Å²) in [6.07, 6.45) is 4.59. The number of hydrogen-bond donors (Lipinski definition) is 0. The van der Waals surface area contributed by atoms with E-state index in [1.54, 1.807) is 9.80 Å². The molecule has 5 heteroatoms. The average molecular weight is 394 g/mol. The fourth-order valence-corrected chi connectivity index (χ4v) is 3.87. The maximum absolute atomic E-state index is 13.8. The largest absolute Gasteiger partial charge is 0.326 e. The summed E-state index contributed by atoms with van der Waals surface area (Å²) in [5.74, 6) is 0.377. The maximum atomic E-state index is 13.8. The Morgan fingerprint density at radius 3 is 2.69 bits per heavy atom. The lowest BCUT2D eigenvalue weighted by Crippen LogP contribution is -2.34. The summed E-state index contributed by atoms with van der Waals surface area (Å²) in [4.78, 5) is 21.4. The first-order valence-corrected chi connectivity index (χ1v) is 10.0. The lowest BCUT2D eigenvalue weighted by atomic mass is 10.0. The van der Waals surface area contributed by atoms with E-state index in [1.165, 1.54) is 12.1 Å². The third-order valence-electron chi connectivity index (χ3n) is 5.47. The quantitative estimate of drug-likeness (QED) is 0.592. The Hall–Kier alpha value is -2.95. The summed E-state index contributed by atoms with van der Waals surface area (Å²) in [6.45, 7) is 12.8. The Morgan fingerprint density at radius 2 is 2.07 bits per heavy atom. The zero-order valence-corrected chi connectivity index (χ0v) is 17.6. The summed E-state index contributed by atoms with van der Waals surface area (Å²) in [7, 11) is 0. The van der Waals surface area contributed by atoms with Gasteiger partial charge in [-0.1, -0.05) is 31.7 Å². The molecule has 1 aromatic carbocycles. The van der Waals surface area contributed by atoms with Crippen molar-refractivity contribution in [1.29, 1.82) is 0 Å². The standard InChI is InChI=1S/C24H28FN3O/c1-6-18(7-2)21-9-10-23(26-22(21)8-3)28-12-11-27(24(28)29)17(5)19-13-16(4)14-20(25)15-19/h6-7,9-10,13-15,17H,1,8,11-12H2,2-5H3/b18-7+. The third kappa shape index (κ3) is 4.09. The van der Waals surface area contributed by atoms with Crippen LogP contribution in [0.1, 0.15) is 49.2 Å². The predicted molar refractivity (Wildman–Crippen MR) is 116 cm³/mol. The molecule has 29 heavy (non-hydrogen) atoms. The van der Waals surface area contributed by atoms with Crippen molar-refractivity contribution in [2.24, 2.45) is 0 Å². The number of rotatable bonds is 6. The van der Waals surface area contributed by atoms with Gasteiger partial charge in [0.15, 0.2) is 0 Å². The zero-order chi connectivity index (χ0) is 21.1. The summed E-state index contributed by atoms with van der Waals surface area (Å²) in [5.41, 5.74) is 4.67. The average Bonchev–Trinajstić information content (AvgIpc) is 3.09. The van der Waals surface area contributed by atoms with Gasteiger partial charge in [0, 0.05) is 18.7 Å². The molecule has 1 aromatic heterocycles. The van der Waals surface area contributed by atoms with Crippen LogP contribution in [0.3, 0.4) is 0 Å². The van der Waals surface area contributed by atoms with Gasteiger partial charge in [-0.3, -0.25) is 4.90 Å². The van der Waals surface area contributed by atoms with Gasteiger partial charge in [0.05, 0.1) is 11.7 Å². The van der Waals surface area contributed by atoms with Gasteiger partial charge >= 0.3 is 6.03 Å². The van der Waals surface area contributed by atoms with Crippen molar-refractivity contribution in [3.05, 3.63) is 77.3 Å². The van der Waals surface area contributed by atoms with Crippen LogP contribution in [0.25, 0.3) is 5.57 Å². The normalized spacial score (nSPS) is 15.8. The minimum atomic E-state index is -0.276. The van der Waals surface area contributed by atoms with Crippen molar-refractivity contribution in [2.45, 2.75) is 40.2 Å². The van der Waals surface area contributed by atoms with Crippen LogP contribution in [-0.2, 0) is 6.42 Å². The number of benzene rings is 1. The second kappa shape index (κ2) is 8.60. The number of carbonyl (C=O) groups is 1. The highest BCUT2D eigenvalue weighted by Gasteiger charge is 2.34. The van der Waals surface area contributed by atoms with Crippen LogP contribution in [0, 0.1) is 12.7 Å². The van der Waals surface area contributed by atoms with E-state index < -0.39 is 0 Å². The Kier molecular flexibility index (Phi) is 6.16. The van der Waals surface area contributed by atoms with Gasteiger partial charge in [0.25, 0.3) is 0 Å². The highest BCUT2D eigenvalue weighted by molar-refractivity contribution is 5.93. The highest BCUT2D eigenvalue weighted by atomic mass is 19.1. The number of allylic oxidation sites excluding steroid dienone is 3. The van der Waals surface area contributed by atoms with Crippen molar-refractivity contribution in [2.75, 3.05) is 18.0 Å². The first-order valence-electron chi connectivity index (χ1n) is 10.0. The fraction of sp³-hybridized carbons (Fsp3) is 0.333. The second-order valence-corrected chi connectivity index (χ2v) is 7.33. The Morgan fingerprint density at radius 1 is 1.31 bits per heavy atom. The van der Waals surface area contributed by atoms with E-state index in [4.69, 9.17) is 4.98 Å². The van der Waals surface area contributed by atoms with Gasteiger partial charge in [0.1, 0.15) is 11.6 Å². The highest BCUT2D eigenvalue weighted by Crippen LogP contribution is 2.30. The van der Waals surface area contributed by atoms with Gasteiger partial charge in [-0.15, -0.1) is 0 Å². The van der Waals surface area contributed by atoms with Crippen LogP contribution in [0.2, 0.25) is 0 Å². The number of pyridine rings is 1. The van der Waals surface area contributed by atoms with Crippen LogP contribution in [0.15, 0.2) is 49.1 Å². The molecule has 1 fully saturated rings. The van der Waals surface area contributed by atoms with Crippen LogP contribution in [0.5, 0.6) is 0 Å². The minimum Gasteiger partial charge on any atom is -0.316 e. The molecule has 0 N–H and O–H groups in total.